The Hall–Kier alpha value is -3.07. The van der Waals surface area contributed by atoms with Gasteiger partial charge >= 0.3 is 5.97 Å². The minimum absolute atomic E-state index is 0.103. The molecule has 0 fully saturated rings. The van der Waals surface area contributed by atoms with Crippen LogP contribution in [0.2, 0.25) is 0 Å². The first kappa shape index (κ1) is 32.4. The summed E-state index contributed by atoms with van der Waals surface area (Å²) in [6.07, 6.45) is 16.4. The van der Waals surface area contributed by atoms with Crippen molar-refractivity contribution in [1.29, 1.82) is 0 Å². The standard InChI is InChI=1S/C38H52O3/c1-4-6-8-10-11-12-14-18-30-40-35-28-26-34(27-29-35)37-20-17-16-19-36(37)33-24-22-32(23-25-33)31(3)41-38(39)21-15-13-9-7-5-2/h16-17,19-20,22-29,31H,4-15,18,21,30H2,1-3H3. The summed E-state index contributed by atoms with van der Waals surface area (Å²) < 4.78 is 11.7. The highest BCUT2D eigenvalue weighted by atomic mass is 16.5. The maximum absolute atomic E-state index is 12.3. The first-order chi connectivity index (χ1) is 20.1. The van der Waals surface area contributed by atoms with Gasteiger partial charge in [0.15, 0.2) is 0 Å². The lowest BCUT2D eigenvalue weighted by molar-refractivity contribution is -0.148. The smallest absolute Gasteiger partial charge is 0.306 e. The summed E-state index contributed by atoms with van der Waals surface area (Å²) in [7, 11) is 0. The molecule has 0 aliphatic heterocycles. The Balaban J connectivity index is 1.51. The zero-order valence-electron chi connectivity index (χ0n) is 25.8. The third kappa shape index (κ3) is 11.7. The molecule has 0 radical (unpaired) electrons. The van der Waals surface area contributed by atoms with E-state index in [1.165, 1.54) is 80.9 Å². The number of hydrogen-bond acceptors (Lipinski definition) is 3. The summed E-state index contributed by atoms with van der Waals surface area (Å²) in [4.78, 5) is 12.3. The molecule has 0 bridgehead atoms. The Morgan fingerprint density at radius 3 is 1.66 bits per heavy atom. The molecule has 3 rings (SSSR count). The monoisotopic (exact) mass is 556 g/mol. The van der Waals surface area contributed by atoms with Crippen LogP contribution < -0.4 is 4.74 Å². The normalized spacial score (nSPS) is 11.8. The molecule has 0 spiro atoms. The zero-order valence-corrected chi connectivity index (χ0v) is 25.8. The SMILES string of the molecule is CCCCCCCCCCOc1ccc(-c2ccccc2-c2ccc(C(C)OC(=O)CCCCCCC)cc2)cc1. The molecule has 0 N–H and O–H groups in total. The topological polar surface area (TPSA) is 35.5 Å². The lowest BCUT2D eigenvalue weighted by atomic mass is 9.93. The average Bonchev–Trinajstić information content (AvgIpc) is 3.00. The number of carbonyl (C=O) groups is 1. The van der Waals surface area contributed by atoms with E-state index in [4.69, 9.17) is 9.47 Å². The highest BCUT2D eigenvalue weighted by Gasteiger charge is 2.13. The van der Waals surface area contributed by atoms with Gasteiger partial charge in [-0.05, 0) is 59.7 Å². The molecule has 3 aromatic rings. The fourth-order valence-corrected chi connectivity index (χ4v) is 5.27. The van der Waals surface area contributed by atoms with Crippen LogP contribution in [0.5, 0.6) is 5.75 Å². The van der Waals surface area contributed by atoms with Crippen molar-refractivity contribution in [3.63, 3.8) is 0 Å². The van der Waals surface area contributed by atoms with Crippen molar-refractivity contribution in [3.8, 4) is 28.0 Å². The molecule has 0 amide bonds. The van der Waals surface area contributed by atoms with Gasteiger partial charge in [-0.3, -0.25) is 4.79 Å². The van der Waals surface area contributed by atoms with Gasteiger partial charge in [0.05, 0.1) is 6.61 Å². The molecule has 3 nitrogen and oxygen atoms in total. The van der Waals surface area contributed by atoms with Crippen molar-refractivity contribution in [2.45, 2.75) is 117 Å². The minimum atomic E-state index is -0.249. The van der Waals surface area contributed by atoms with Gasteiger partial charge in [0.25, 0.3) is 0 Å². The third-order valence-electron chi connectivity index (χ3n) is 7.84. The summed E-state index contributed by atoms with van der Waals surface area (Å²) in [6, 6.07) is 25.4. The van der Waals surface area contributed by atoms with E-state index in [1.54, 1.807) is 0 Å². The summed E-state index contributed by atoms with van der Waals surface area (Å²) in [5.41, 5.74) is 5.71. The van der Waals surface area contributed by atoms with E-state index >= 15 is 0 Å². The Kier molecular flexibility index (Phi) is 15.1. The molecule has 0 aromatic heterocycles. The van der Waals surface area contributed by atoms with Gasteiger partial charge in [0.2, 0.25) is 0 Å². The van der Waals surface area contributed by atoms with Gasteiger partial charge in [0, 0.05) is 6.42 Å². The maximum Gasteiger partial charge on any atom is 0.306 e. The Morgan fingerprint density at radius 2 is 1.10 bits per heavy atom. The fourth-order valence-electron chi connectivity index (χ4n) is 5.27. The Morgan fingerprint density at radius 1 is 0.610 bits per heavy atom. The molecule has 222 valence electrons. The van der Waals surface area contributed by atoms with Crippen molar-refractivity contribution in [2.75, 3.05) is 6.61 Å². The molecule has 0 saturated carbocycles. The highest BCUT2D eigenvalue weighted by molar-refractivity contribution is 5.83. The predicted molar refractivity (Wildman–Crippen MR) is 173 cm³/mol. The molecule has 1 unspecified atom stereocenters. The average molecular weight is 557 g/mol. The number of carbonyl (C=O) groups excluding carboxylic acids is 1. The Bertz CT molecular complexity index is 1120. The van der Waals surface area contributed by atoms with Crippen LogP contribution in [0, 0.1) is 0 Å². The molecule has 0 aliphatic rings. The quantitative estimate of drug-likeness (QED) is 0.103. The second-order valence-corrected chi connectivity index (χ2v) is 11.3. The van der Waals surface area contributed by atoms with E-state index in [0.29, 0.717) is 6.42 Å². The number of unbranched alkanes of at least 4 members (excludes halogenated alkanes) is 11. The summed E-state index contributed by atoms with van der Waals surface area (Å²) >= 11 is 0. The largest absolute Gasteiger partial charge is 0.494 e. The van der Waals surface area contributed by atoms with E-state index in [9.17, 15) is 4.79 Å². The number of hydrogen-bond donors (Lipinski definition) is 0. The van der Waals surface area contributed by atoms with Crippen LogP contribution in [0.15, 0.2) is 72.8 Å². The minimum Gasteiger partial charge on any atom is -0.494 e. The molecule has 0 heterocycles. The van der Waals surface area contributed by atoms with Crippen molar-refractivity contribution < 1.29 is 14.3 Å². The number of rotatable bonds is 20. The van der Waals surface area contributed by atoms with E-state index in [0.717, 1.165) is 42.7 Å². The number of esters is 1. The highest BCUT2D eigenvalue weighted by Crippen LogP contribution is 2.34. The van der Waals surface area contributed by atoms with Crippen LogP contribution in [0.3, 0.4) is 0 Å². The van der Waals surface area contributed by atoms with Gasteiger partial charge in [-0.1, -0.05) is 145 Å². The van der Waals surface area contributed by atoms with Crippen molar-refractivity contribution in [2.24, 2.45) is 0 Å². The van der Waals surface area contributed by atoms with Crippen molar-refractivity contribution in [3.05, 3.63) is 78.4 Å². The molecule has 0 saturated heterocycles. The summed E-state index contributed by atoms with van der Waals surface area (Å²) in [5, 5.41) is 0. The number of ether oxygens (including phenoxy) is 2. The van der Waals surface area contributed by atoms with Crippen molar-refractivity contribution in [1.82, 2.24) is 0 Å². The number of benzene rings is 3. The first-order valence-electron chi connectivity index (χ1n) is 16.2. The molecule has 1 atom stereocenters. The van der Waals surface area contributed by atoms with Gasteiger partial charge in [-0.15, -0.1) is 0 Å². The van der Waals surface area contributed by atoms with Crippen LogP contribution in [-0.4, -0.2) is 12.6 Å². The molecule has 41 heavy (non-hydrogen) atoms. The molecule has 3 heteroatoms. The molecular weight excluding hydrogens is 504 g/mol. The second-order valence-electron chi connectivity index (χ2n) is 11.3. The van der Waals surface area contributed by atoms with Gasteiger partial charge in [-0.2, -0.15) is 0 Å². The summed E-state index contributed by atoms with van der Waals surface area (Å²) in [5.74, 6) is 0.830. The van der Waals surface area contributed by atoms with Crippen LogP contribution >= 0.6 is 0 Å². The van der Waals surface area contributed by atoms with E-state index in [1.807, 2.05) is 6.92 Å². The zero-order chi connectivity index (χ0) is 29.1. The van der Waals surface area contributed by atoms with E-state index < -0.39 is 0 Å². The van der Waals surface area contributed by atoms with Gasteiger partial charge in [0.1, 0.15) is 11.9 Å². The molecule has 0 aliphatic carbocycles. The van der Waals surface area contributed by atoms with Gasteiger partial charge in [-0.25, -0.2) is 0 Å². The van der Waals surface area contributed by atoms with Crippen LogP contribution in [0.1, 0.15) is 122 Å². The molecule has 3 aromatic carbocycles. The van der Waals surface area contributed by atoms with Crippen LogP contribution in [0.4, 0.5) is 0 Å². The third-order valence-corrected chi connectivity index (χ3v) is 7.84. The van der Waals surface area contributed by atoms with Gasteiger partial charge < -0.3 is 9.47 Å². The lowest BCUT2D eigenvalue weighted by Gasteiger charge is -2.15. The van der Waals surface area contributed by atoms with Crippen LogP contribution in [-0.2, 0) is 9.53 Å². The predicted octanol–water partition coefficient (Wildman–Crippen LogP) is 11.5. The fraction of sp³-hybridized carbons (Fsp3) is 0.500. The maximum atomic E-state index is 12.3. The molecular formula is C38H52O3. The van der Waals surface area contributed by atoms with Crippen LogP contribution in [0.25, 0.3) is 22.3 Å². The van der Waals surface area contributed by atoms with Crippen molar-refractivity contribution >= 4 is 5.97 Å². The van der Waals surface area contributed by atoms with E-state index in [2.05, 4.69) is 86.6 Å². The lowest BCUT2D eigenvalue weighted by Crippen LogP contribution is -2.08. The second kappa shape index (κ2) is 19.1. The Labute approximate surface area is 249 Å². The van der Waals surface area contributed by atoms with E-state index in [-0.39, 0.29) is 12.1 Å². The summed E-state index contributed by atoms with van der Waals surface area (Å²) in [6.45, 7) is 7.20. The first-order valence-corrected chi connectivity index (χ1v) is 16.2.